The average molecular weight is 217 g/mol. The smallest absolute Gasteiger partial charge is 0.254 e. The van der Waals surface area contributed by atoms with Crippen molar-refractivity contribution in [2.24, 2.45) is 10.5 Å². The fourth-order valence-electron chi connectivity index (χ4n) is 1.50. The lowest BCUT2D eigenvalue weighted by Crippen LogP contribution is -2.21. The first-order valence-electron chi connectivity index (χ1n) is 5.30. The molecule has 0 atom stereocenters. The fourth-order valence-corrected chi connectivity index (χ4v) is 1.50. The van der Waals surface area contributed by atoms with Crippen molar-refractivity contribution in [3.63, 3.8) is 0 Å². The molecule has 1 aliphatic rings. The second-order valence-corrected chi connectivity index (χ2v) is 4.87. The Morgan fingerprint density at radius 2 is 2.06 bits per heavy atom. The molecule has 0 bridgehead atoms. The molecule has 4 nitrogen and oxygen atoms in total. The van der Waals surface area contributed by atoms with Crippen molar-refractivity contribution < 1.29 is 4.79 Å². The molecule has 4 heteroatoms. The van der Waals surface area contributed by atoms with Gasteiger partial charge < -0.3 is 0 Å². The molecule has 0 saturated carbocycles. The maximum atomic E-state index is 11.8. The normalized spacial score (nSPS) is 16.6. The minimum atomic E-state index is -0.0702. The number of nitrogens with zero attached hydrogens (tertiary/aromatic N) is 3. The highest BCUT2D eigenvalue weighted by molar-refractivity contribution is 6.14. The number of rotatable bonds is 1. The highest BCUT2D eigenvalue weighted by Gasteiger charge is 2.32. The van der Waals surface area contributed by atoms with E-state index in [1.165, 1.54) is 5.01 Å². The van der Waals surface area contributed by atoms with Crippen LogP contribution in [-0.2, 0) is 4.79 Å². The van der Waals surface area contributed by atoms with E-state index >= 15 is 0 Å². The molecule has 2 heterocycles. The van der Waals surface area contributed by atoms with E-state index in [1.807, 2.05) is 12.1 Å². The maximum absolute atomic E-state index is 11.8. The van der Waals surface area contributed by atoms with Crippen LogP contribution in [0.4, 0.5) is 5.82 Å². The lowest BCUT2D eigenvalue weighted by Gasteiger charge is -2.16. The summed E-state index contributed by atoms with van der Waals surface area (Å²) in [5.74, 6) is 0.579. The Morgan fingerprint density at radius 3 is 2.56 bits per heavy atom. The third kappa shape index (κ3) is 1.96. The van der Waals surface area contributed by atoms with Gasteiger partial charge in [-0.3, -0.25) is 4.79 Å². The zero-order chi connectivity index (χ0) is 11.8. The van der Waals surface area contributed by atoms with Gasteiger partial charge in [0.1, 0.15) is 0 Å². The second-order valence-electron chi connectivity index (χ2n) is 4.87. The number of pyridine rings is 1. The van der Waals surface area contributed by atoms with Gasteiger partial charge in [-0.05, 0) is 12.1 Å². The van der Waals surface area contributed by atoms with Gasteiger partial charge in [-0.2, -0.15) is 10.1 Å². The van der Waals surface area contributed by atoms with Gasteiger partial charge in [0.2, 0.25) is 0 Å². The van der Waals surface area contributed by atoms with Crippen molar-refractivity contribution in [3.05, 3.63) is 24.4 Å². The summed E-state index contributed by atoms with van der Waals surface area (Å²) >= 11 is 0. The molecule has 16 heavy (non-hydrogen) atoms. The van der Waals surface area contributed by atoms with Gasteiger partial charge in [0, 0.05) is 11.6 Å². The van der Waals surface area contributed by atoms with Crippen LogP contribution in [0.3, 0.4) is 0 Å². The molecule has 1 amide bonds. The molecule has 0 aliphatic carbocycles. The van der Waals surface area contributed by atoms with E-state index < -0.39 is 0 Å². The Labute approximate surface area is 95.0 Å². The summed E-state index contributed by atoms with van der Waals surface area (Å²) in [6, 6.07) is 5.45. The van der Waals surface area contributed by atoms with E-state index in [9.17, 15) is 4.79 Å². The fraction of sp³-hybridized carbons (Fsp3) is 0.417. The third-order valence-electron chi connectivity index (χ3n) is 2.51. The SMILES string of the molecule is CC(C)(C)C1=NN(c2ccccn2)C(=O)C1. The first-order valence-corrected chi connectivity index (χ1v) is 5.30. The summed E-state index contributed by atoms with van der Waals surface area (Å²) in [4.78, 5) is 15.9. The molecule has 0 unspecified atom stereocenters. The summed E-state index contributed by atoms with van der Waals surface area (Å²) in [5, 5.41) is 5.74. The van der Waals surface area contributed by atoms with Crippen LogP contribution in [0, 0.1) is 5.41 Å². The number of hydrogen-bond acceptors (Lipinski definition) is 3. The summed E-state index contributed by atoms with van der Waals surface area (Å²) in [6.07, 6.45) is 2.05. The minimum Gasteiger partial charge on any atom is -0.272 e. The number of aromatic nitrogens is 1. The monoisotopic (exact) mass is 217 g/mol. The predicted octanol–water partition coefficient (Wildman–Crippen LogP) is 2.22. The number of anilines is 1. The molecule has 0 spiro atoms. The first-order chi connectivity index (χ1) is 7.48. The van der Waals surface area contributed by atoms with Crippen LogP contribution < -0.4 is 5.01 Å². The van der Waals surface area contributed by atoms with Crippen molar-refractivity contribution in [3.8, 4) is 0 Å². The number of hydrazone groups is 1. The summed E-state index contributed by atoms with van der Waals surface area (Å²) in [5.41, 5.74) is 0.835. The van der Waals surface area contributed by atoms with Crippen LogP contribution in [0.25, 0.3) is 0 Å². The summed E-state index contributed by atoms with van der Waals surface area (Å²) in [6.45, 7) is 6.17. The van der Waals surface area contributed by atoms with Gasteiger partial charge in [-0.1, -0.05) is 26.8 Å². The average Bonchev–Trinajstić information content (AvgIpc) is 2.61. The quantitative estimate of drug-likeness (QED) is 0.724. The van der Waals surface area contributed by atoms with Crippen LogP contribution in [-0.4, -0.2) is 16.6 Å². The highest BCUT2D eigenvalue weighted by Crippen LogP contribution is 2.26. The van der Waals surface area contributed by atoms with E-state index in [-0.39, 0.29) is 11.3 Å². The Bertz CT molecular complexity index is 431. The maximum Gasteiger partial charge on any atom is 0.254 e. The second kappa shape index (κ2) is 3.70. The topological polar surface area (TPSA) is 45.6 Å². The molecular weight excluding hydrogens is 202 g/mol. The number of carbonyl (C=O) groups is 1. The lowest BCUT2D eigenvalue weighted by molar-refractivity contribution is -0.117. The van der Waals surface area contributed by atoms with Crippen molar-refractivity contribution in [2.45, 2.75) is 27.2 Å². The lowest BCUT2D eigenvalue weighted by atomic mass is 9.88. The van der Waals surface area contributed by atoms with E-state index in [2.05, 4.69) is 30.9 Å². The zero-order valence-electron chi connectivity index (χ0n) is 9.77. The van der Waals surface area contributed by atoms with E-state index in [4.69, 9.17) is 0 Å². The van der Waals surface area contributed by atoms with Gasteiger partial charge in [-0.15, -0.1) is 0 Å². The minimum absolute atomic E-state index is 0.0105. The van der Waals surface area contributed by atoms with E-state index in [1.54, 1.807) is 12.3 Å². The van der Waals surface area contributed by atoms with Gasteiger partial charge in [0.05, 0.1) is 12.1 Å². The van der Waals surface area contributed by atoms with Crippen LogP contribution in [0.15, 0.2) is 29.5 Å². The molecule has 0 saturated heterocycles. The largest absolute Gasteiger partial charge is 0.272 e. The summed E-state index contributed by atoms with van der Waals surface area (Å²) < 4.78 is 0. The van der Waals surface area contributed by atoms with Gasteiger partial charge in [0.15, 0.2) is 5.82 Å². The molecule has 0 N–H and O–H groups in total. The molecule has 0 radical (unpaired) electrons. The molecule has 84 valence electrons. The number of amides is 1. The van der Waals surface area contributed by atoms with Crippen molar-refractivity contribution in [1.82, 2.24) is 4.98 Å². The Kier molecular flexibility index (Phi) is 2.50. The van der Waals surface area contributed by atoms with Gasteiger partial charge >= 0.3 is 0 Å². The molecule has 1 aromatic heterocycles. The molecule has 2 rings (SSSR count). The standard InChI is InChI=1S/C12H15N3O/c1-12(2,3)9-8-11(16)15(14-9)10-6-4-5-7-13-10/h4-7H,8H2,1-3H3. The third-order valence-corrected chi connectivity index (χ3v) is 2.51. The molecular formula is C12H15N3O. The van der Waals surface area contributed by atoms with Crippen LogP contribution >= 0.6 is 0 Å². The van der Waals surface area contributed by atoms with Crippen LogP contribution in [0.2, 0.25) is 0 Å². The zero-order valence-corrected chi connectivity index (χ0v) is 9.77. The Balaban J connectivity index is 2.31. The van der Waals surface area contributed by atoms with Gasteiger partial charge in [-0.25, -0.2) is 4.98 Å². The van der Waals surface area contributed by atoms with E-state index in [0.29, 0.717) is 12.2 Å². The molecule has 1 aromatic rings. The summed E-state index contributed by atoms with van der Waals surface area (Å²) in [7, 11) is 0. The number of hydrogen-bond donors (Lipinski definition) is 0. The Hall–Kier alpha value is -1.71. The Morgan fingerprint density at radius 1 is 1.31 bits per heavy atom. The van der Waals surface area contributed by atoms with Crippen molar-refractivity contribution in [1.29, 1.82) is 0 Å². The van der Waals surface area contributed by atoms with Crippen LogP contribution in [0.5, 0.6) is 0 Å². The highest BCUT2D eigenvalue weighted by atomic mass is 16.2. The van der Waals surface area contributed by atoms with Gasteiger partial charge in [0.25, 0.3) is 5.91 Å². The van der Waals surface area contributed by atoms with E-state index in [0.717, 1.165) is 5.71 Å². The van der Waals surface area contributed by atoms with Crippen molar-refractivity contribution in [2.75, 3.05) is 5.01 Å². The predicted molar refractivity (Wildman–Crippen MR) is 63.2 cm³/mol. The molecule has 1 aliphatic heterocycles. The molecule has 0 aromatic carbocycles. The first kappa shape index (κ1) is 10.8. The van der Waals surface area contributed by atoms with Crippen molar-refractivity contribution >= 4 is 17.4 Å². The molecule has 0 fully saturated rings. The van der Waals surface area contributed by atoms with Crippen LogP contribution in [0.1, 0.15) is 27.2 Å². The number of carbonyl (C=O) groups excluding carboxylic acids is 1.